The summed E-state index contributed by atoms with van der Waals surface area (Å²) >= 11 is 0. The summed E-state index contributed by atoms with van der Waals surface area (Å²) in [5.41, 5.74) is 1.74. The molecule has 2 heterocycles. The zero-order chi connectivity index (χ0) is 17.3. The number of carboxylic acid groups (broad SMARTS) is 1. The van der Waals surface area contributed by atoms with Crippen LogP contribution in [0.15, 0.2) is 45.9 Å². The van der Waals surface area contributed by atoms with Gasteiger partial charge in [0.05, 0.1) is 12.5 Å². The Morgan fingerprint density at radius 1 is 1.29 bits per heavy atom. The van der Waals surface area contributed by atoms with Gasteiger partial charge in [-0.2, -0.15) is 4.31 Å². The van der Waals surface area contributed by atoms with Gasteiger partial charge in [0.25, 0.3) is 10.0 Å². The molecule has 7 heteroatoms. The Bertz CT molecular complexity index is 855. The van der Waals surface area contributed by atoms with Crippen LogP contribution in [0.4, 0.5) is 0 Å². The number of hydrogen-bond donors (Lipinski definition) is 1. The first-order valence-electron chi connectivity index (χ1n) is 7.83. The Kier molecular flexibility index (Phi) is 4.47. The van der Waals surface area contributed by atoms with Crippen LogP contribution in [-0.2, 0) is 27.7 Å². The molecule has 1 aromatic carbocycles. The fourth-order valence-electron chi connectivity index (χ4n) is 3.10. The zero-order valence-corrected chi connectivity index (χ0v) is 14.1. The van der Waals surface area contributed by atoms with E-state index in [1.54, 1.807) is 18.2 Å². The van der Waals surface area contributed by atoms with Gasteiger partial charge in [-0.15, -0.1) is 0 Å². The van der Waals surface area contributed by atoms with Crippen LogP contribution >= 0.6 is 0 Å². The van der Waals surface area contributed by atoms with E-state index in [1.807, 2.05) is 19.1 Å². The molecule has 1 N–H and O–H groups in total. The van der Waals surface area contributed by atoms with Gasteiger partial charge in [-0.25, -0.2) is 8.42 Å². The molecular weight excluding hydrogens is 330 g/mol. The quantitative estimate of drug-likeness (QED) is 0.896. The molecule has 0 spiro atoms. The predicted octanol–water partition coefficient (Wildman–Crippen LogP) is 2.60. The lowest BCUT2D eigenvalue weighted by atomic mass is 9.92. The minimum absolute atomic E-state index is 0.130. The van der Waals surface area contributed by atoms with Crippen LogP contribution in [0.5, 0.6) is 0 Å². The second-order valence-corrected chi connectivity index (χ2v) is 7.57. The van der Waals surface area contributed by atoms with Crippen molar-refractivity contribution in [3.63, 3.8) is 0 Å². The van der Waals surface area contributed by atoms with Gasteiger partial charge in [0.1, 0.15) is 5.76 Å². The van der Waals surface area contributed by atoms with Gasteiger partial charge in [0.2, 0.25) is 5.09 Å². The third-order valence-electron chi connectivity index (χ3n) is 4.28. The van der Waals surface area contributed by atoms with Crippen molar-refractivity contribution in [3.05, 3.63) is 53.3 Å². The van der Waals surface area contributed by atoms with Crippen molar-refractivity contribution in [1.29, 1.82) is 0 Å². The molecule has 2 aromatic rings. The van der Waals surface area contributed by atoms with Crippen LogP contribution in [-0.4, -0.2) is 30.3 Å². The van der Waals surface area contributed by atoms with Crippen LogP contribution in [0.1, 0.15) is 36.3 Å². The summed E-state index contributed by atoms with van der Waals surface area (Å²) in [6.45, 7) is 2.11. The highest BCUT2D eigenvalue weighted by Gasteiger charge is 2.38. The SMILES string of the molecule is CCc1ccc(S(=O)(=O)N2CCc3ccccc3C2CC(=O)O)o1. The predicted molar refractivity (Wildman–Crippen MR) is 87.1 cm³/mol. The van der Waals surface area contributed by atoms with Crippen molar-refractivity contribution in [3.8, 4) is 0 Å². The van der Waals surface area contributed by atoms with Crippen molar-refractivity contribution in [2.45, 2.75) is 37.3 Å². The van der Waals surface area contributed by atoms with Gasteiger partial charge >= 0.3 is 5.97 Å². The first-order chi connectivity index (χ1) is 11.4. The van der Waals surface area contributed by atoms with E-state index in [0.29, 0.717) is 18.6 Å². The van der Waals surface area contributed by atoms with E-state index in [4.69, 9.17) is 4.42 Å². The van der Waals surface area contributed by atoms with Crippen LogP contribution in [0.3, 0.4) is 0 Å². The maximum Gasteiger partial charge on any atom is 0.305 e. The molecule has 0 saturated carbocycles. The van der Waals surface area contributed by atoms with E-state index in [-0.39, 0.29) is 18.1 Å². The molecular formula is C17H19NO5S. The lowest BCUT2D eigenvalue weighted by Gasteiger charge is -2.34. The Balaban J connectivity index is 2.03. The summed E-state index contributed by atoms with van der Waals surface area (Å²) in [7, 11) is -3.89. The summed E-state index contributed by atoms with van der Waals surface area (Å²) in [5, 5.41) is 9.11. The number of rotatable bonds is 5. The van der Waals surface area contributed by atoms with Crippen molar-refractivity contribution >= 4 is 16.0 Å². The summed E-state index contributed by atoms with van der Waals surface area (Å²) < 4.78 is 32.6. The van der Waals surface area contributed by atoms with E-state index in [1.165, 1.54) is 10.4 Å². The molecule has 1 aromatic heterocycles. The highest BCUT2D eigenvalue weighted by molar-refractivity contribution is 7.89. The Labute approximate surface area is 140 Å². The van der Waals surface area contributed by atoms with Crippen LogP contribution in [0, 0.1) is 0 Å². The Morgan fingerprint density at radius 2 is 2.04 bits per heavy atom. The molecule has 1 aliphatic rings. The van der Waals surface area contributed by atoms with Gasteiger partial charge in [0.15, 0.2) is 0 Å². The standard InChI is InChI=1S/C17H19NO5S/c1-2-13-7-8-17(23-13)24(21,22)18-10-9-12-5-3-4-6-14(12)15(18)11-16(19)20/h3-8,15H,2,9-11H2,1H3,(H,19,20). The second-order valence-electron chi connectivity index (χ2n) is 5.75. The molecule has 24 heavy (non-hydrogen) atoms. The first kappa shape index (κ1) is 16.7. The van der Waals surface area contributed by atoms with Crippen LogP contribution < -0.4 is 0 Å². The minimum atomic E-state index is -3.89. The molecule has 128 valence electrons. The fourth-order valence-corrected chi connectivity index (χ4v) is 4.63. The van der Waals surface area contributed by atoms with Crippen molar-refractivity contribution in [2.24, 2.45) is 0 Å². The van der Waals surface area contributed by atoms with E-state index in [0.717, 1.165) is 11.1 Å². The highest BCUT2D eigenvalue weighted by Crippen LogP contribution is 2.36. The fraction of sp³-hybridized carbons (Fsp3) is 0.353. The zero-order valence-electron chi connectivity index (χ0n) is 13.3. The van der Waals surface area contributed by atoms with Gasteiger partial charge in [-0.3, -0.25) is 4.79 Å². The van der Waals surface area contributed by atoms with Gasteiger partial charge < -0.3 is 9.52 Å². The van der Waals surface area contributed by atoms with E-state index in [2.05, 4.69) is 0 Å². The molecule has 6 nitrogen and oxygen atoms in total. The van der Waals surface area contributed by atoms with Gasteiger partial charge in [0, 0.05) is 13.0 Å². The highest BCUT2D eigenvalue weighted by atomic mass is 32.2. The summed E-state index contributed by atoms with van der Waals surface area (Å²) in [6, 6.07) is 9.73. The number of aryl methyl sites for hydroxylation is 1. The largest absolute Gasteiger partial charge is 0.481 e. The molecule has 3 rings (SSSR count). The number of sulfonamides is 1. The molecule has 0 radical (unpaired) electrons. The number of benzene rings is 1. The molecule has 0 fully saturated rings. The second kappa shape index (κ2) is 6.41. The Hall–Kier alpha value is -2.12. The first-order valence-corrected chi connectivity index (χ1v) is 9.27. The van der Waals surface area contributed by atoms with Crippen LogP contribution in [0.2, 0.25) is 0 Å². The molecule has 0 amide bonds. The lowest BCUT2D eigenvalue weighted by molar-refractivity contribution is -0.138. The normalized spacial score (nSPS) is 18.3. The maximum atomic E-state index is 13.0. The maximum absolute atomic E-state index is 13.0. The number of nitrogens with zero attached hydrogens (tertiary/aromatic N) is 1. The summed E-state index contributed by atoms with van der Waals surface area (Å²) in [6.07, 6.45) is 0.862. The molecule has 0 bridgehead atoms. The third kappa shape index (κ3) is 2.97. The Morgan fingerprint density at radius 3 is 2.71 bits per heavy atom. The molecule has 1 aliphatic heterocycles. The van der Waals surface area contributed by atoms with Gasteiger partial charge in [-0.05, 0) is 29.7 Å². The van der Waals surface area contributed by atoms with Crippen molar-refractivity contribution in [1.82, 2.24) is 4.31 Å². The average Bonchev–Trinajstić information content (AvgIpc) is 3.04. The van der Waals surface area contributed by atoms with Crippen molar-refractivity contribution in [2.75, 3.05) is 6.54 Å². The van der Waals surface area contributed by atoms with E-state index < -0.39 is 22.0 Å². The summed E-state index contributed by atoms with van der Waals surface area (Å²) in [4.78, 5) is 11.3. The molecule has 0 saturated heterocycles. The number of fused-ring (bicyclic) bond motifs is 1. The summed E-state index contributed by atoms with van der Waals surface area (Å²) in [5.74, 6) is -0.452. The molecule has 1 unspecified atom stereocenters. The smallest absolute Gasteiger partial charge is 0.305 e. The number of furan rings is 1. The van der Waals surface area contributed by atoms with Crippen LogP contribution in [0.25, 0.3) is 0 Å². The average molecular weight is 349 g/mol. The minimum Gasteiger partial charge on any atom is -0.481 e. The number of hydrogen-bond acceptors (Lipinski definition) is 4. The van der Waals surface area contributed by atoms with E-state index in [9.17, 15) is 18.3 Å². The molecule has 1 atom stereocenters. The third-order valence-corrected chi connectivity index (χ3v) is 6.06. The topological polar surface area (TPSA) is 87.8 Å². The molecule has 0 aliphatic carbocycles. The van der Waals surface area contributed by atoms with Gasteiger partial charge in [-0.1, -0.05) is 31.2 Å². The lowest BCUT2D eigenvalue weighted by Crippen LogP contribution is -2.40. The monoisotopic (exact) mass is 349 g/mol. The number of carboxylic acids is 1. The van der Waals surface area contributed by atoms with E-state index >= 15 is 0 Å². The number of aliphatic carboxylic acids is 1. The number of carbonyl (C=O) groups is 1. The van der Waals surface area contributed by atoms with Crippen molar-refractivity contribution < 1.29 is 22.7 Å².